The third-order valence-corrected chi connectivity index (χ3v) is 3.69. The maximum Gasteiger partial charge on any atom is 0.268 e. The van der Waals surface area contributed by atoms with Gasteiger partial charge >= 0.3 is 0 Å². The van der Waals surface area contributed by atoms with E-state index in [1.165, 1.54) is 0 Å². The molecule has 1 heterocycles. The highest BCUT2D eigenvalue weighted by atomic mass is 16.5. The van der Waals surface area contributed by atoms with Crippen LogP contribution in [-0.2, 0) is 11.3 Å². The quantitative estimate of drug-likeness (QED) is 0.852. The van der Waals surface area contributed by atoms with Gasteiger partial charge in [0.2, 0.25) is 0 Å². The minimum atomic E-state index is -0.0564. The molecule has 0 aliphatic heterocycles. The molecule has 1 aromatic rings. The zero-order chi connectivity index (χ0) is 13.8. The van der Waals surface area contributed by atoms with Gasteiger partial charge < -0.3 is 20.4 Å². The number of methoxy groups -OCH3 is 1. The van der Waals surface area contributed by atoms with Crippen LogP contribution in [0.25, 0.3) is 0 Å². The molecule has 5 heteroatoms. The van der Waals surface area contributed by atoms with Gasteiger partial charge in [-0.05, 0) is 31.7 Å². The third kappa shape index (κ3) is 3.10. The number of anilines is 1. The summed E-state index contributed by atoms with van der Waals surface area (Å²) in [6.45, 7) is 2.88. The van der Waals surface area contributed by atoms with Crippen molar-refractivity contribution in [1.29, 1.82) is 0 Å². The summed E-state index contributed by atoms with van der Waals surface area (Å²) in [7, 11) is 1.70. The number of aromatic nitrogens is 1. The number of nitrogens with two attached hydrogens (primary N) is 1. The van der Waals surface area contributed by atoms with Crippen molar-refractivity contribution in [2.75, 3.05) is 12.8 Å². The highest BCUT2D eigenvalue weighted by Crippen LogP contribution is 2.22. The molecule has 2 unspecified atom stereocenters. The summed E-state index contributed by atoms with van der Waals surface area (Å²) in [6, 6.07) is 1.85. The van der Waals surface area contributed by atoms with Crippen molar-refractivity contribution >= 4 is 11.6 Å². The molecule has 3 N–H and O–H groups in total. The van der Waals surface area contributed by atoms with E-state index in [1.54, 1.807) is 13.2 Å². The van der Waals surface area contributed by atoms with Crippen LogP contribution < -0.4 is 11.1 Å². The third-order valence-electron chi connectivity index (χ3n) is 3.69. The second-order valence-corrected chi connectivity index (χ2v) is 5.14. The number of ether oxygens (including phenoxy) is 1. The van der Waals surface area contributed by atoms with E-state index >= 15 is 0 Å². The molecule has 1 aromatic heterocycles. The van der Waals surface area contributed by atoms with Gasteiger partial charge in [0.1, 0.15) is 5.69 Å². The molecule has 5 nitrogen and oxygen atoms in total. The number of carbonyl (C=O) groups is 1. The van der Waals surface area contributed by atoms with E-state index in [0.717, 1.165) is 32.2 Å². The summed E-state index contributed by atoms with van der Waals surface area (Å²) in [6.07, 6.45) is 6.02. The predicted octanol–water partition coefficient (Wildman–Crippen LogP) is 1.78. The topological polar surface area (TPSA) is 69.3 Å². The van der Waals surface area contributed by atoms with Crippen molar-refractivity contribution in [2.24, 2.45) is 0 Å². The molecule has 1 aliphatic rings. The number of carbonyl (C=O) groups excluding carboxylic acids is 1. The standard InChI is InChI=1S/C14H23N3O2/c1-3-7-17-9-10(15)8-12(17)14(18)16-11-5-4-6-13(11)19-2/h8-9,11,13H,3-7,15H2,1-2H3,(H,16,18). The van der Waals surface area contributed by atoms with E-state index in [4.69, 9.17) is 10.5 Å². The zero-order valence-corrected chi connectivity index (χ0v) is 11.7. The van der Waals surface area contributed by atoms with E-state index in [0.29, 0.717) is 11.4 Å². The largest absolute Gasteiger partial charge is 0.397 e. The van der Waals surface area contributed by atoms with Gasteiger partial charge in [0, 0.05) is 19.9 Å². The highest BCUT2D eigenvalue weighted by Gasteiger charge is 2.29. The summed E-state index contributed by atoms with van der Waals surface area (Å²) in [5.41, 5.74) is 7.06. The number of hydrogen-bond acceptors (Lipinski definition) is 3. The summed E-state index contributed by atoms with van der Waals surface area (Å²) < 4.78 is 7.32. The molecule has 2 rings (SSSR count). The van der Waals surface area contributed by atoms with E-state index in [1.807, 2.05) is 10.8 Å². The number of hydrogen-bond donors (Lipinski definition) is 2. The molecule has 106 valence electrons. The van der Waals surface area contributed by atoms with Gasteiger partial charge in [0.05, 0.1) is 17.8 Å². The first kappa shape index (κ1) is 13.9. The van der Waals surface area contributed by atoms with Gasteiger partial charge in [-0.3, -0.25) is 4.79 Å². The van der Waals surface area contributed by atoms with Gasteiger partial charge in [-0.25, -0.2) is 0 Å². The van der Waals surface area contributed by atoms with Crippen molar-refractivity contribution in [1.82, 2.24) is 9.88 Å². The van der Waals surface area contributed by atoms with Crippen molar-refractivity contribution < 1.29 is 9.53 Å². The summed E-state index contributed by atoms with van der Waals surface area (Å²) in [5.74, 6) is -0.0564. The molecule has 0 bridgehead atoms. The Morgan fingerprint density at radius 2 is 2.37 bits per heavy atom. The lowest BCUT2D eigenvalue weighted by Gasteiger charge is -2.20. The molecule has 0 spiro atoms. The van der Waals surface area contributed by atoms with Crippen molar-refractivity contribution in [2.45, 2.75) is 51.3 Å². The molecular weight excluding hydrogens is 242 g/mol. The number of nitrogens with zero attached hydrogens (tertiary/aromatic N) is 1. The van der Waals surface area contributed by atoms with Crippen LogP contribution in [0.4, 0.5) is 5.69 Å². The Morgan fingerprint density at radius 1 is 1.58 bits per heavy atom. The number of amides is 1. The Balaban J connectivity index is 2.07. The minimum absolute atomic E-state index is 0.0564. The van der Waals surface area contributed by atoms with Crippen LogP contribution in [0.5, 0.6) is 0 Å². The second-order valence-electron chi connectivity index (χ2n) is 5.14. The van der Waals surface area contributed by atoms with Crippen molar-refractivity contribution in [3.63, 3.8) is 0 Å². The second kappa shape index (κ2) is 6.10. The molecule has 19 heavy (non-hydrogen) atoms. The average Bonchev–Trinajstić information content (AvgIpc) is 2.96. The molecule has 1 fully saturated rings. The number of nitrogens with one attached hydrogen (secondary N) is 1. The lowest BCUT2D eigenvalue weighted by atomic mass is 10.2. The molecule has 1 aliphatic carbocycles. The maximum absolute atomic E-state index is 12.3. The average molecular weight is 265 g/mol. The Hall–Kier alpha value is -1.49. The first-order valence-electron chi connectivity index (χ1n) is 6.95. The van der Waals surface area contributed by atoms with Crippen molar-refractivity contribution in [3.05, 3.63) is 18.0 Å². The Bertz CT molecular complexity index is 442. The fourth-order valence-corrected chi connectivity index (χ4v) is 2.77. The van der Waals surface area contributed by atoms with Crippen molar-refractivity contribution in [3.8, 4) is 0 Å². The number of nitrogen functional groups attached to an aromatic ring is 1. The van der Waals surface area contributed by atoms with Crippen LogP contribution in [-0.4, -0.2) is 29.7 Å². The van der Waals surface area contributed by atoms with Crippen LogP contribution in [0.2, 0.25) is 0 Å². The van der Waals surface area contributed by atoms with E-state index in [2.05, 4.69) is 12.2 Å². The fraction of sp³-hybridized carbons (Fsp3) is 0.643. The van der Waals surface area contributed by atoms with E-state index in [9.17, 15) is 4.79 Å². The predicted molar refractivity (Wildman–Crippen MR) is 75.0 cm³/mol. The summed E-state index contributed by atoms with van der Waals surface area (Å²) in [5, 5.41) is 3.07. The molecular formula is C14H23N3O2. The van der Waals surface area contributed by atoms with Gasteiger partial charge in [-0.15, -0.1) is 0 Å². The van der Waals surface area contributed by atoms with Gasteiger partial charge in [0.25, 0.3) is 5.91 Å². The monoisotopic (exact) mass is 265 g/mol. The van der Waals surface area contributed by atoms with Gasteiger partial charge in [-0.2, -0.15) is 0 Å². The zero-order valence-electron chi connectivity index (χ0n) is 11.7. The Labute approximate surface area is 114 Å². The minimum Gasteiger partial charge on any atom is -0.397 e. The SMILES string of the molecule is CCCn1cc(N)cc1C(=O)NC1CCCC1OC. The van der Waals surface area contributed by atoms with Gasteiger partial charge in [-0.1, -0.05) is 6.92 Å². The fourth-order valence-electron chi connectivity index (χ4n) is 2.77. The van der Waals surface area contributed by atoms with Crippen LogP contribution in [0.1, 0.15) is 43.1 Å². The Kier molecular flexibility index (Phi) is 4.47. The molecule has 1 saturated carbocycles. The first-order chi connectivity index (χ1) is 9.15. The summed E-state index contributed by atoms with van der Waals surface area (Å²) >= 11 is 0. The first-order valence-corrected chi connectivity index (χ1v) is 6.95. The molecule has 0 saturated heterocycles. The molecule has 0 radical (unpaired) electrons. The lowest BCUT2D eigenvalue weighted by Crippen LogP contribution is -2.41. The lowest BCUT2D eigenvalue weighted by molar-refractivity contribution is 0.0716. The van der Waals surface area contributed by atoms with Crippen LogP contribution in [0.15, 0.2) is 12.3 Å². The maximum atomic E-state index is 12.3. The van der Waals surface area contributed by atoms with Crippen LogP contribution in [0, 0.1) is 0 Å². The van der Waals surface area contributed by atoms with Gasteiger partial charge in [0.15, 0.2) is 0 Å². The highest BCUT2D eigenvalue weighted by molar-refractivity contribution is 5.94. The molecule has 2 atom stereocenters. The molecule has 0 aromatic carbocycles. The number of aryl methyl sites for hydroxylation is 1. The van der Waals surface area contributed by atoms with Crippen LogP contribution in [0.3, 0.4) is 0 Å². The van der Waals surface area contributed by atoms with E-state index in [-0.39, 0.29) is 18.1 Å². The number of rotatable bonds is 5. The van der Waals surface area contributed by atoms with Crippen LogP contribution >= 0.6 is 0 Å². The molecule has 1 amide bonds. The van der Waals surface area contributed by atoms with E-state index < -0.39 is 0 Å². The smallest absolute Gasteiger partial charge is 0.268 e. The Morgan fingerprint density at radius 3 is 3.05 bits per heavy atom. The normalized spacial score (nSPS) is 22.6. The summed E-state index contributed by atoms with van der Waals surface area (Å²) in [4.78, 5) is 12.3.